The highest BCUT2D eigenvalue weighted by atomic mass is 16.6. The monoisotopic (exact) mass is 350 g/mol. The normalized spacial score (nSPS) is 29.5. The highest BCUT2D eigenvalue weighted by molar-refractivity contribution is 5.78. The highest BCUT2D eigenvalue weighted by Crippen LogP contribution is 2.40. The number of fused-ring (bicyclic) bond motifs is 2. The van der Waals surface area contributed by atoms with Crippen LogP contribution in [0.15, 0.2) is 0 Å². The molecule has 0 spiro atoms. The molecule has 2 atom stereocenters. The van der Waals surface area contributed by atoms with Crippen molar-refractivity contribution in [3.05, 3.63) is 0 Å². The van der Waals surface area contributed by atoms with Crippen LogP contribution >= 0.6 is 0 Å². The number of amides is 2. The summed E-state index contributed by atoms with van der Waals surface area (Å²) in [5, 5.41) is 3.15. The van der Waals surface area contributed by atoms with Crippen LogP contribution in [-0.4, -0.2) is 42.1 Å². The lowest BCUT2D eigenvalue weighted by atomic mass is 9.87. The van der Waals surface area contributed by atoms with Gasteiger partial charge in [0, 0.05) is 24.5 Å². The fourth-order valence-electron chi connectivity index (χ4n) is 5.13. The minimum atomic E-state index is -0.117. The van der Waals surface area contributed by atoms with Crippen molar-refractivity contribution in [2.24, 2.45) is 11.8 Å². The van der Waals surface area contributed by atoms with E-state index >= 15 is 0 Å². The zero-order chi connectivity index (χ0) is 17.6. The molecule has 0 aromatic carbocycles. The maximum Gasteiger partial charge on any atom is 0.410 e. The summed E-state index contributed by atoms with van der Waals surface area (Å²) in [4.78, 5) is 26.3. The van der Waals surface area contributed by atoms with Crippen LogP contribution in [0.5, 0.6) is 0 Å². The average Bonchev–Trinajstić information content (AvgIpc) is 2.90. The van der Waals surface area contributed by atoms with Gasteiger partial charge in [0.05, 0.1) is 6.61 Å². The quantitative estimate of drug-likeness (QED) is 0.740. The average molecular weight is 351 g/mol. The SMILES string of the molecule is CCOC(=O)N1C2CCC1CC(CCCNC(=O)C1CCCCC1)C2. The van der Waals surface area contributed by atoms with E-state index in [9.17, 15) is 9.59 Å². The van der Waals surface area contributed by atoms with Crippen LogP contribution in [0.4, 0.5) is 4.79 Å². The van der Waals surface area contributed by atoms with Crippen LogP contribution in [0.2, 0.25) is 0 Å². The van der Waals surface area contributed by atoms with Crippen molar-refractivity contribution >= 4 is 12.0 Å². The molecule has 0 aromatic heterocycles. The molecule has 2 unspecified atom stereocenters. The summed E-state index contributed by atoms with van der Waals surface area (Å²) in [6, 6.07) is 0.749. The number of carbonyl (C=O) groups excluding carboxylic acids is 2. The molecule has 25 heavy (non-hydrogen) atoms. The summed E-state index contributed by atoms with van der Waals surface area (Å²) in [5.41, 5.74) is 0. The Kier molecular flexibility index (Phi) is 6.60. The van der Waals surface area contributed by atoms with Gasteiger partial charge in [-0.3, -0.25) is 4.79 Å². The molecule has 1 aliphatic carbocycles. The van der Waals surface area contributed by atoms with Gasteiger partial charge in [0.25, 0.3) is 0 Å². The van der Waals surface area contributed by atoms with Crippen molar-refractivity contribution in [1.29, 1.82) is 0 Å². The topological polar surface area (TPSA) is 58.6 Å². The van der Waals surface area contributed by atoms with E-state index in [1.807, 2.05) is 11.8 Å². The van der Waals surface area contributed by atoms with Crippen molar-refractivity contribution in [1.82, 2.24) is 10.2 Å². The van der Waals surface area contributed by atoms with Gasteiger partial charge in [0.1, 0.15) is 0 Å². The summed E-state index contributed by atoms with van der Waals surface area (Å²) in [5.74, 6) is 1.23. The minimum absolute atomic E-state index is 0.117. The fraction of sp³-hybridized carbons (Fsp3) is 0.900. The van der Waals surface area contributed by atoms with E-state index in [1.165, 1.54) is 19.3 Å². The largest absolute Gasteiger partial charge is 0.450 e. The van der Waals surface area contributed by atoms with Crippen LogP contribution in [0.3, 0.4) is 0 Å². The lowest BCUT2D eigenvalue weighted by Crippen LogP contribution is -2.46. The molecule has 0 radical (unpaired) electrons. The maximum absolute atomic E-state index is 12.2. The Bertz CT molecular complexity index is 448. The number of nitrogens with one attached hydrogen (secondary N) is 1. The number of ether oxygens (including phenoxy) is 1. The summed E-state index contributed by atoms with van der Waals surface area (Å²) >= 11 is 0. The molecule has 2 bridgehead atoms. The Hall–Kier alpha value is -1.26. The minimum Gasteiger partial charge on any atom is -0.450 e. The van der Waals surface area contributed by atoms with Gasteiger partial charge in [-0.15, -0.1) is 0 Å². The van der Waals surface area contributed by atoms with Crippen molar-refractivity contribution in [3.63, 3.8) is 0 Å². The fourth-order valence-corrected chi connectivity index (χ4v) is 5.13. The first-order chi connectivity index (χ1) is 12.2. The zero-order valence-corrected chi connectivity index (χ0v) is 15.7. The molecule has 5 nitrogen and oxygen atoms in total. The van der Waals surface area contributed by atoms with Gasteiger partial charge in [-0.25, -0.2) is 4.79 Å². The standard InChI is InChI=1S/C20H34N2O3/c1-2-25-20(24)22-17-10-11-18(22)14-15(13-17)7-6-12-21-19(23)16-8-4-3-5-9-16/h15-18H,2-14H2,1H3,(H,21,23). The summed E-state index contributed by atoms with van der Waals surface area (Å²) in [7, 11) is 0. The lowest BCUT2D eigenvalue weighted by Gasteiger charge is -2.38. The second-order valence-electron chi connectivity index (χ2n) is 8.10. The smallest absolute Gasteiger partial charge is 0.410 e. The number of piperidine rings is 1. The Labute approximate surface area is 151 Å². The number of rotatable bonds is 6. The van der Waals surface area contributed by atoms with Crippen LogP contribution in [-0.2, 0) is 9.53 Å². The third-order valence-electron chi connectivity index (χ3n) is 6.37. The molecular formula is C20H34N2O3. The highest BCUT2D eigenvalue weighted by Gasteiger charge is 2.43. The Balaban J connectivity index is 1.35. The predicted octanol–water partition coefficient (Wildman–Crippen LogP) is 3.86. The first-order valence-corrected chi connectivity index (χ1v) is 10.4. The first-order valence-electron chi connectivity index (χ1n) is 10.4. The van der Waals surface area contributed by atoms with E-state index in [1.54, 1.807) is 0 Å². The number of hydrogen-bond acceptors (Lipinski definition) is 3. The van der Waals surface area contributed by atoms with Gasteiger partial charge >= 0.3 is 6.09 Å². The lowest BCUT2D eigenvalue weighted by molar-refractivity contribution is -0.125. The van der Waals surface area contributed by atoms with E-state index in [4.69, 9.17) is 4.74 Å². The molecule has 2 saturated heterocycles. The summed E-state index contributed by atoms with van der Waals surface area (Å²) in [6.45, 7) is 3.13. The van der Waals surface area contributed by atoms with Crippen LogP contribution in [0.25, 0.3) is 0 Å². The van der Waals surface area contributed by atoms with E-state index < -0.39 is 0 Å². The van der Waals surface area contributed by atoms with Gasteiger partial charge in [-0.2, -0.15) is 0 Å². The summed E-state index contributed by atoms with van der Waals surface area (Å²) < 4.78 is 5.22. The zero-order valence-electron chi connectivity index (χ0n) is 15.7. The number of hydrogen-bond donors (Lipinski definition) is 1. The van der Waals surface area contributed by atoms with Crippen molar-refractivity contribution in [2.75, 3.05) is 13.2 Å². The third-order valence-corrected chi connectivity index (χ3v) is 6.37. The van der Waals surface area contributed by atoms with E-state index in [0.717, 1.165) is 57.9 Å². The van der Waals surface area contributed by atoms with Crippen LogP contribution in [0, 0.1) is 11.8 Å². The van der Waals surface area contributed by atoms with Crippen molar-refractivity contribution in [3.8, 4) is 0 Å². The van der Waals surface area contributed by atoms with Gasteiger partial charge in [0.15, 0.2) is 0 Å². The Morgan fingerprint density at radius 2 is 1.72 bits per heavy atom. The first kappa shape index (κ1) is 18.5. The van der Waals surface area contributed by atoms with Crippen LogP contribution < -0.4 is 5.32 Å². The Morgan fingerprint density at radius 3 is 2.36 bits per heavy atom. The molecule has 2 heterocycles. The molecule has 1 saturated carbocycles. The second kappa shape index (κ2) is 8.91. The molecule has 3 aliphatic rings. The van der Waals surface area contributed by atoms with E-state index in [0.29, 0.717) is 24.6 Å². The summed E-state index contributed by atoms with van der Waals surface area (Å²) in [6.07, 6.45) is 12.4. The molecular weight excluding hydrogens is 316 g/mol. The molecule has 3 fully saturated rings. The molecule has 1 N–H and O–H groups in total. The molecule has 0 aromatic rings. The molecule has 2 aliphatic heterocycles. The molecule has 142 valence electrons. The third kappa shape index (κ3) is 4.68. The second-order valence-corrected chi connectivity index (χ2v) is 8.10. The van der Waals surface area contributed by atoms with Crippen molar-refractivity contribution in [2.45, 2.75) is 89.6 Å². The molecule has 5 heteroatoms. The van der Waals surface area contributed by atoms with Gasteiger partial charge in [0.2, 0.25) is 5.91 Å². The Morgan fingerprint density at radius 1 is 1.04 bits per heavy atom. The van der Waals surface area contributed by atoms with E-state index in [2.05, 4.69) is 5.32 Å². The van der Waals surface area contributed by atoms with Gasteiger partial charge in [-0.1, -0.05) is 19.3 Å². The molecule has 2 amide bonds. The number of nitrogens with zero attached hydrogens (tertiary/aromatic N) is 1. The van der Waals surface area contributed by atoms with E-state index in [-0.39, 0.29) is 17.9 Å². The van der Waals surface area contributed by atoms with Gasteiger partial charge in [-0.05, 0) is 64.2 Å². The maximum atomic E-state index is 12.2. The number of carbonyl (C=O) groups is 2. The molecule has 3 rings (SSSR count). The predicted molar refractivity (Wildman–Crippen MR) is 97.2 cm³/mol. The van der Waals surface area contributed by atoms with Gasteiger partial charge < -0.3 is 15.0 Å². The van der Waals surface area contributed by atoms with Crippen molar-refractivity contribution < 1.29 is 14.3 Å². The van der Waals surface area contributed by atoms with Crippen LogP contribution in [0.1, 0.15) is 77.6 Å².